The number of unbranched alkanes of at least 4 members (excludes halogenated alkanes) is 1. The van der Waals surface area contributed by atoms with Gasteiger partial charge in [0.1, 0.15) is 0 Å². The first-order chi connectivity index (χ1) is 18.2. The van der Waals surface area contributed by atoms with Crippen LogP contribution in [0.15, 0.2) is 42.5 Å². The number of benzene rings is 3. The largest absolute Gasteiger partial charge is 0.505 e. The van der Waals surface area contributed by atoms with Gasteiger partial charge in [-0.1, -0.05) is 37.6 Å². The van der Waals surface area contributed by atoms with Crippen molar-refractivity contribution in [1.82, 2.24) is 0 Å². The van der Waals surface area contributed by atoms with Crippen LogP contribution < -0.4 is 4.74 Å². The fourth-order valence-corrected chi connectivity index (χ4v) is 4.71. The minimum atomic E-state index is -1.31. The Balaban J connectivity index is 1.47. The van der Waals surface area contributed by atoms with Crippen molar-refractivity contribution in [1.29, 1.82) is 0 Å². The second-order valence-corrected chi connectivity index (χ2v) is 9.51. The highest BCUT2D eigenvalue weighted by Gasteiger charge is 2.24. The number of aryl methyl sites for hydroxylation is 1. The first-order valence-electron chi connectivity index (χ1n) is 12.7. The molecule has 38 heavy (non-hydrogen) atoms. The summed E-state index contributed by atoms with van der Waals surface area (Å²) in [4.78, 5) is 0. The first-order valence-corrected chi connectivity index (χ1v) is 12.7. The van der Waals surface area contributed by atoms with Crippen molar-refractivity contribution in [2.24, 2.45) is 5.92 Å². The molecule has 4 rings (SSSR count). The Bertz CT molecular complexity index is 1350. The molecule has 202 valence electrons. The van der Waals surface area contributed by atoms with Crippen molar-refractivity contribution in [2.45, 2.75) is 51.9 Å². The second kappa shape index (κ2) is 12.0. The van der Waals surface area contributed by atoms with Crippen LogP contribution in [0.4, 0.5) is 26.3 Å². The van der Waals surface area contributed by atoms with Gasteiger partial charge in [-0.05, 0) is 73.8 Å². The van der Waals surface area contributed by atoms with Gasteiger partial charge in [-0.25, -0.2) is 17.6 Å². The van der Waals surface area contributed by atoms with Crippen molar-refractivity contribution in [3.63, 3.8) is 0 Å². The highest BCUT2D eigenvalue weighted by atomic mass is 19.2. The number of aromatic hydroxyl groups is 1. The molecule has 0 fully saturated rings. The lowest BCUT2D eigenvalue weighted by atomic mass is 9.83. The third-order valence-electron chi connectivity index (χ3n) is 7.00. The average molecular weight is 535 g/mol. The van der Waals surface area contributed by atoms with Gasteiger partial charge in [-0.15, -0.1) is 0 Å². The quantitative estimate of drug-likeness (QED) is 0.219. The second-order valence-electron chi connectivity index (χ2n) is 9.51. The molecule has 1 aliphatic rings. The van der Waals surface area contributed by atoms with E-state index in [1.54, 1.807) is 6.08 Å². The van der Waals surface area contributed by atoms with Gasteiger partial charge in [-0.2, -0.15) is 8.78 Å². The molecule has 1 atom stereocenters. The number of hydrogen-bond donors (Lipinski definition) is 1. The maximum absolute atomic E-state index is 15.1. The summed E-state index contributed by atoms with van der Waals surface area (Å²) in [6, 6.07) is 7.43. The molecular formula is C30H28F6O2. The summed E-state index contributed by atoms with van der Waals surface area (Å²) < 4.78 is 92.1. The van der Waals surface area contributed by atoms with Crippen LogP contribution >= 0.6 is 0 Å². The number of phenols is 1. The van der Waals surface area contributed by atoms with Crippen LogP contribution in [0.2, 0.25) is 0 Å². The van der Waals surface area contributed by atoms with Crippen molar-refractivity contribution in [3.8, 4) is 22.6 Å². The van der Waals surface area contributed by atoms with E-state index in [0.717, 1.165) is 12.5 Å². The molecule has 1 N–H and O–H groups in total. The number of halogens is 6. The van der Waals surface area contributed by atoms with Gasteiger partial charge >= 0.3 is 0 Å². The monoisotopic (exact) mass is 534 g/mol. The fourth-order valence-electron chi connectivity index (χ4n) is 4.71. The van der Waals surface area contributed by atoms with Crippen LogP contribution in [0.1, 0.15) is 56.6 Å². The van der Waals surface area contributed by atoms with Crippen LogP contribution in [-0.4, -0.2) is 11.7 Å². The predicted octanol–water partition coefficient (Wildman–Crippen LogP) is 8.89. The Morgan fingerprint density at radius 3 is 2.13 bits per heavy atom. The number of allylic oxidation sites excluding steroid dienone is 2. The number of phenolic OH excluding ortho intramolecular Hbond substituents is 1. The fraction of sp³-hybridized carbons (Fsp3) is 0.333. The average Bonchev–Trinajstić information content (AvgIpc) is 2.92. The topological polar surface area (TPSA) is 29.5 Å². The van der Waals surface area contributed by atoms with Crippen molar-refractivity contribution < 1.29 is 36.2 Å². The molecule has 0 saturated carbocycles. The van der Waals surface area contributed by atoms with Crippen molar-refractivity contribution in [3.05, 3.63) is 88.5 Å². The van der Waals surface area contributed by atoms with E-state index in [0.29, 0.717) is 37.7 Å². The lowest BCUT2D eigenvalue weighted by molar-refractivity contribution is 0.289. The third kappa shape index (κ3) is 5.69. The predicted molar refractivity (Wildman–Crippen MR) is 134 cm³/mol. The molecule has 1 aliphatic carbocycles. The molecule has 0 aliphatic heterocycles. The minimum Gasteiger partial charge on any atom is -0.505 e. The zero-order valence-corrected chi connectivity index (χ0v) is 20.9. The van der Waals surface area contributed by atoms with Crippen molar-refractivity contribution in [2.75, 3.05) is 6.61 Å². The van der Waals surface area contributed by atoms with Crippen LogP contribution in [-0.2, 0) is 6.42 Å². The Kier molecular flexibility index (Phi) is 8.69. The van der Waals surface area contributed by atoms with Gasteiger partial charge in [-0.3, -0.25) is 0 Å². The number of rotatable bonds is 9. The van der Waals surface area contributed by atoms with Crippen LogP contribution in [0.25, 0.3) is 16.7 Å². The Morgan fingerprint density at radius 1 is 0.789 bits per heavy atom. The smallest absolute Gasteiger partial charge is 0.201 e. The van der Waals surface area contributed by atoms with E-state index < -0.39 is 46.2 Å². The summed E-state index contributed by atoms with van der Waals surface area (Å²) in [5, 5.41) is 9.26. The molecule has 0 saturated heterocycles. The molecule has 0 heterocycles. The summed E-state index contributed by atoms with van der Waals surface area (Å²) in [7, 11) is 0. The van der Waals surface area contributed by atoms with Gasteiger partial charge in [0.2, 0.25) is 11.6 Å². The van der Waals surface area contributed by atoms with Crippen molar-refractivity contribution >= 4 is 5.57 Å². The molecule has 3 aromatic rings. The van der Waals surface area contributed by atoms with E-state index in [-0.39, 0.29) is 41.4 Å². The highest BCUT2D eigenvalue weighted by Crippen LogP contribution is 2.38. The first kappa shape index (κ1) is 27.6. The summed E-state index contributed by atoms with van der Waals surface area (Å²) in [5.74, 6) is -8.19. The van der Waals surface area contributed by atoms with Gasteiger partial charge in [0.05, 0.1) is 6.61 Å². The van der Waals surface area contributed by atoms with E-state index in [9.17, 15) is 22.7 Å². The molecule has 0 bridgehead atoms. The molecule has 0 aromatic heterocycles. The Hall–Kier alpha value is -3.42. The Morgan fingerprint density at radius 2 is 1.45 bits per heavy atom. The standard InChI is InChI=1S/C30H28F6O2/c1-2-3-16-38-24-15-13-22(28(34)30(24)36)21-12-11-20(26(32)27(21)33)18-7-4-17(5-8-18)6-9-19-10-14-23(37)29(35)25(19)31/h7,10-15,17,37H,2-6,8-9,16H2,1H3. The summed E-state index contributed by atoms with van der Waals surface area (Å²) in [6.07, 6.45) is 5.73. The molecular weight excluding hydrogens is 506 g/mol. The molecule has 2 nitrogen and oxygen atoms in total. The van der Waals surface area contributed by atoms with Crippen LogP contribution in [0, 0.1) is 40.8 Å². The summed E-state index contributed by atoms with van der Waals surface area (Å²) in [5.41, 5.74) is 0.0289. The van der Waals surface area contributed by atoms with Gasteiger partial charge in [0.15, 0.2) is 34.8 Å². The summed E-state index contributed by atoms with van der Waals surface area (Å²) in [6.45, 7) is 2.14. The lowest BCUT2D eigenvalue weighted by Crippen LogP contribution is -2.09. The normalized spacial score (nSPS) is 15.4. The van der Waals surface area contributed by atoms with E-state index in [1.165, 1.54) is 30.3 Å². The summed E-state index contributed by atoms with van der Waals surface area (Å²) >= 11 is 0. The molecule has 3 aromatic carbocycles. The van der Waals surface area contributed by atoms with E-state index in [2.05, 4.69) is 0 Å². The number of ether oxygens (including phenoxy) is 1. The lowest BCUT2D eigenvalue weighted by Gasteiger charge is -2.23. The van der Waals surface area contributed by atoms with Crippen LogP contribution in [0.5, 0.6) is 11.5 Å². The maximum atomic E-state index is 15.1. The molecule has 1 unspecified atom stereocenters. The van der Waals surface area contributed by atoms with E-state index in [1.807, 2.05) is 6.92 Å². The molecule has 0 amide bonds. The Labute approximate surface area is 217 Å². The zero-order chi connectivity index (χ0) is 27.4. The maximum Gasteiger partial charge on any atom is 0.201 e. The minimum absolute atomic E-state index is 0.0525. The van der Waals surface area contributed by atoms with E-state index >= 15 is 8.78 Å². The number of hydrogen-bond acceptors (Lipinski definition) is 2. The SMILES string of the molecule is CCCCOc1ccc(-c2ccc(C3=CCC(CCc4ccc(O)c(F)c4F)CC3)c(F)c2F)c(F)c1F. The zero-order valence-electron chi connectivity index (χ0n) is 20.9. The highest BCUT2D eigenvalue weighted by molar-refractivity contribution is 5.72. The van der Waals surface area contributed by atoms with Gasteiger partial charge < -0.3 is 9.84 Å². The van der Waals surface area contributed by atoms with Crippen LogP contribution in [0.3, 0.4) is 0 Å². The van der Waals surface area contributed by atoms with Gasteiger partial charge in [0.25, 0.3) is 0 Å². The van der Waals surface area contributed by atoms with Gasteiger partial charge in [0, 0.05) is 16.7 Å². The molecule has 0 radical (unpaired) electrons. The van der Waals surface area contributed by atoms with E-state index in [4.69, 9.17) is 4.74 Å². The third-order valence-corrected chi connectivity index (χ3v) is 7.00. The molecule has 8 heteroatoms. The molecule has 0 spiro atoms.